The van der Waals surface area contributed by atoms with Gasteiger partial charge in [-0.05, 0) is 17.7 Å². The zero-order valence-corrected chi connectivity index (χ0v) is 14.4. The summed E-state index contributed by atoms with van der Waals surface area (Å²) in [6.07, 6.45) is -0.324. The predicted molar refractivity (Wildman–Crippen MR) is 97.0 cm³/mol. The van der Waals surface area contributed by atoms with Crippen LogP contribution in [-0.2, 0) is 11.3 Å². The van der Waals surface area contributed by atoms with Crippen molar-refractivity contribution in [2.24, 2.45) is 0 Å². The molecule has 6 heteroatoms. The molecule has 0 spiro atoms. The van der Waals surface area contributed by atoms with Gasteiger partial charge in [-0.3, -0.25) is 14.5 Å². The van der Waals surface area contributed by atoms with Gasteiger partial charge in [-0.1, -0.05) is 42.5 Å². The summed E-state index contributed by atoms with van der Waals surface area (Å²) in [6, 6.07) is 17.3. The molecule has 2 aromatic rings. The first-order valence-corrected chi connectivity index (χ1v) is 9.51. The van der Waals surface area contributed by atoms with Crippen molar-refractivity contribution < 1.29 is 9.59 Å². The van der Waals surface area contributed by atoms with Crippen LogP contribution in [0.4, 0.5) is 5.69 Å². The number of carbonyl (C=O) groups is 2. The number of carbonyl (C=O) groups excluding carboxylic acids is 2. The van der Waals surface area contributed by atoms with E-state index in [1.165, 1.54) is 0 Å². The molecule has 5 nitrogen and oxygen atoms in total. The predicted octanol–water partition coefficient (Wildman–Crippen LogP) is 2.35. The third kappa shape index (κ3) is 2.14. The van der Waals surface area contributed by atoms with Crippen LogP contribution in [0.1, 0.15) is 15.9 Å². The van der Waals surface area contributed by atoms with Crippen molar-refractivity contribution in [2.75, 3.05) is 16.5 Å². The second-order valence-electron chi connectivity index (χ2n) is 6.52. The molecule has 0 unspecified atom stereocenters. The van der Waals surface area contributed by atoms with Gasteiger partial charge in [0, 0.05) is 18.2 Å². The van der Waals surface area contributed by atoms with E-state index in [2.05, 4.69) is 4.90 Å². The van der Waals surface area contributed by atoms with E-state index in [1.54, 1.807) is 11.8 Å². The third-order valence-corrected chi connectivity index (χ3v) is 6.13. The van der Waals surface area contributed by atoms with Crippen LogP contribution in [-0.4, -0.2) is 45.6 Å². The van der Waals surface area contributed by atoms with E-state index in [-0.39, 0.29) is 24.1 Å². The van der Waals surface area contributed by atoms with Gasteiger partial charge in [-0.15, -0.1) is 11.8 Å². The summed E-state index contributed by atoms with van der Waals surface area (Å²) in [6.45, 7) is 0.496. The average molecular weight is 351 g/mol. The molecule has 0 N–H and O–H groups in total. The number of rotatable bonds is 2. The molecular weight excluding hydrogens is 334 g/mol. The number of anilines is 1. The standard InChI is InChI=1S/C19H17N3O2S/c23-17-14-8-4-5-9-15(14)22-18(24)16-11-25-12-21(16)19(22)20(17)10-13-6-2-1-3-7-13/h1-9,16,19H,10-12H2/t16-,19+/m0/s1. The zero-order chi connectivity index (χ0) is 17.0. The highest BCUT2D eigenvalue weighted by Crippen LogP contribution is 2.42. The Morgan fingerprint density at radius 2 is 1.76 bits per heavy atom. The maximum atomic E-state index is 13.2. The number of thioether (sulfide) groups is 1. The summed E-state index contributed by atoms with van der Waals surface area (Å²) >= 11 is 1.76. The maximum absolute atomic E-state index is 13.2. The van der Waals surface area contributed by atoms with Gasteiger partial charge in [0.25, 0.3) is 5.91 Å². The molecule has 3 aliphatic rings. The molecule has 3 heterocycles. The van der Waals surface area contributed by atoms with Crippen molar-refractivity contribution in [3.8, 4) is 0 Å². The fourth-order valence-corrected chi connectivity index (χ4v) is 5.12. The van der Waals surface area contributed by atoms with E-state index in [0.717, 1.165) is 22.9 Å². The Kier molecular flexibility index (Phi) is 3.36. The lowest BCUT2D eigenvalue weighted by Crippen LogP contribution is -2.57. The van der Waals surface area contributed by atoms with Crippen LogP contribution in [0.2, 0.25) is 0 Å². The number of amides is 2. The van der Waals surface area contributed by atoms with Gasteiger partial charge < -0.3 is 4.90 Å². The van der Waals surface area contributed by atoms with Crippen molar-refractivity contribution in [2.45, 2.75) is 18.9 Å². The Balaban J connectivity index is 1.63. The van der Waals surface area contributed by atoms with Crippen molar-refractivity contribution in [3.63, 3.8) is 0 Å². The molecule has 0 aliphatic carbocycles. The molecule has 0 bridgehead atoms. The van der Waals surface area contributed by atoms with Crippen molar-refractivity contribution >= 4 is 29.3 Å². The Labute approximate surface area is 150 Å². The number of hydrogen-bond donors (Lipinski definition) is 0. The van der Waals surface area contributed by atoms with Gasteiger partial charge >= 0.3 is 0 Å². The van der Waals surface area contributed by atoms with Crippen LogP contribution in [0.5, 0.6) is 0 Å². The molecule has 5 rings (SSSR count). The Morgan fingerprint density at radius 1 is 1.00 bits per heavy atom. The van der Waals surface area contributed by atoms with Gasteiger partial charge in [0.2, 0.25) is 5.91 Å². The van der Waals surface area contributed by atoms with Crippen LogP contribution < -0.4 is 4.90 Å². The topological polar surface area (TPSA) is 43.9 Å². The average Bonchev–Trinajstić information content (AvgIpc) is 3.22. The Hall–Kier alpha value is -2.31. The lowest BCUT2D eigenvalue weighted by atomic mass is 10.1. The van der Waals surface area contributed by atoms with Crippen LogP contribution in [0, 0.1) is 0 Å². The highest BCUT2D eigenvalue weighted by molar-refractivity contribution is 7.99. The number of fused-ring (bicyclic) bond motifs is 5. The van der Waals surface area contributed by atoms with Crippen LogP contribution in [0.3, 0.4) is 0 Å². The molecule has 2 fully saturated rings. The molecule has 2 aromatic carbocycles. The summed E-state index contributed by atoms with van der Waals surface area (Å²) in [5, 5.41) is 0. The third-order valence-electron chi connectivity index (χ3n) is 5.10. The second kappa shape index (κ2) is 5.61. The van der Waals surface area contributed by atoms with E-state index >= 15 is 0 Å². The first-order valence-electron chi connectivity index (χ1n) is 8.36. The molecule has 126 valence electrons. The Morgan fingerprint density at radius 3 is 2.60 bits per heavy atom. The van der Waals surface area contributed by atoms with Gasteiger partial charge in [0.05, 0.1) is 11.3 Å². The molecular formula is C19H17N3O2S. The first kappa shape index (κ1) is 15.0. The fourth-order valence-electron chi connectivity index (χ4n) is 3.94. The number of nitrogens with zero attached hydrogens (tertiary/aromatic N) is 3. The van der Waals surface area contributed by atoms with E-state index < -0.39 is 0 Å². The minimum atomic E-state index is -0.324. The summed E-state index contributed by atoms with van der Waals surface area (Å²) in [7, 11) is 0. The van der Waals surface area contributed by atoms with Crippen LogP contribution >= 0.6 is 11.8 Å². The maximum Gasteiger partial charge on any atom is 0.258 e. The monoisotopic (exact) mass is 351 g/mol. The highest BCUT2D eigenvalue weighted by Gasteiger charge is 2.55. The van der Waals surface area contributed by atoms with Gasteiger partial charge in [0.15, 0.2) is 6.29 Å². The lowest BCUT2D eigenvalue weighted by molar-refractivity contribution is -0.118. The Bertz CT molecular complexity index is 857. The van der Waals surface area contributed by atoms with E-state index in [9.17, 15) is 9.59 Å². The number of hydrogen-bond acceptors (Lipinski definition) is 4. The molecule has 25 heavy (non-hydrogen) atoms. The lowest BCUT2D eigenvalue weighted by Gasteiger charge is -2.42. The number of para-hydroxylation sites is 1. The largest absolute Gasteiger partial charge is 0.300 e. The van der Waals surface area contributed by atoms with Crippen molar-refractivity contribution in [1.29, 1.82) is 0 Å². The van der Waals surface area contributed by atoms with Crippen LogP contribution in [0.25, 0.3) is 0 Å². The summed E-state index contributed by atoms with van der Waals surface area (Å²) in [4.78, 5) is 32.0. The van der Waals surface area contributed by atoms with Crippen molar-refractivity contribution in [1.82, 2.24) is 9.80 Å². The quantitative estimate of drug-likeness (QED) is 0.833. The summed E-state index contributed by atoms with van der Waals surface area (Å²) in [5.41, 5.74) is 2.42. The molecule has 2 atom stereocenters. The van der Waals surface area contributed by atoms with Gasteiger partial charge in [-0.2, -0.15) is 0 Å². The minimum Gasteiger partial charge on any atom is -0.300 e. The van der Waals surface area contributed by atoms with Crippen LogP contribution in [0.15, 0.2) is 54.6 Å². The van der Waals surface area contributed by atoms with Gasteiger partial charge in [0.1, 0.15) is 6.04 Å². The zero-order valence-electron chi connectivity index (χ0n) is 13.5. The molecule has 2 saturated heterocycles. The van der Waals surface area contributed by atoms with E-state index in [0.29, 0.717) is 12.1 Å². The SMILES string of the molecule is O=C1c2ccccc2N2C(=O)[C@@H]3CSCN3[C@H]2N1Cc1ccccc1. The molecule has 0 aromatic heterocycles. The molecule has 2 amide bonds. The normalized spacial score (nSPS) is 25.1. The van der Waals surface area contributed by atoms with E-state index in [1.807, 2.05) is 64.4 Å². The molecule has 0 saturated carbocycles. The molecule has 3 aliphatic heterocycles. The smallest absolute Gasteiger partial charge is 0.258 e. The molecule has 0 radical (unpaired) electrons. The van der Waals surface area contributed by atoms with Gasteiger partial charge in [-0.25, -0.2) is 4.90 Å². The fraction of sp³-hybridized carbons (Fsp3) is 0.263. The highest BCUT2D eigenvalue weighted by atomic mass is 32.2. The summed E-state index contributed by atoms with van der Waals surface area (Å²) in [5.74, 6) is 1.67. The van der Waals surface area contributed by atoms with Crippen molar-refractivity contribution in [3.05, 3.63) is 65.7 Å². The minimum absolute atomic E-state index is 0.00828. The number of benzene rings is 2. The van der Waals surface area contributed by atoms with E-state index in [4.69, 9.17) is 0 Å². The second-order valence-corrected chi connectivity index (χ2v) is 7.52. The first-order chi connectivity index (χ1) is 12.3. The summed E-state index contributed by atoms with van der Waals surface area (Å²) < 4.78 is 0.